The van der Waals surface area contributed by atoms with Gasteiger partial charge in [0, 0.05) is 44.4 Å². The summed E-state index contributed by atoms with van der Waals surface area (Å²) in [7, 11) is 0. The summed E-state index contributed by atoms with van der Waals surface area (Å²) in [5.41, 5.74) is 2.99. The fourth-order valence-electron chi connectivity index (χ4n) is 5.07. The van der Waals surface area contributed by atoms with Gasteiger partial charge in [0.1, 0.15) is 11.5 Å². The molecule has 0 unspecified atom stereocenters. The molecule has 0 amide bonds. The van der Waals surface area contributed by atoms with E-state index in [0.717, 1.165) is 6.42 Å². The number of allylic oxidation sites excluding steroid dienone is 2. The van der Waals surface area contributed by atoms with Crippen LogP contribution in [0.15, 0.2) is 51.2 Å². The quantitative estimate of drug-likeness (QED) is 0.442. The molecule has 6 nitrogen and oxygen atoms in total. The molecule has 2 aromatic rings. The van der Waals surface area contributed by atoms with Crippen molar-refractivity contribution in [1.29, 1.82) is 0 Å². The largest absolute Gasteiger partial charge is 0.511 e. The zero-order valence-electron chi connectivity index (χ0n) is 20.6. The first kappa shape index (κ1) is 24.1. The summed E-state index contributed by atoms with van der Waals surface area (Å²) in [6.45, 7) is 8.75. The Morgan fingerprint density at radius 3 is 2.38 bits per heavy atom. The Labute approximate surface area is 201 Å². The third-order valence-corrected chi connectivity index (χ3v) is 6.68. The highest BCUT2D eigenvalue weighted by molar-refractivity contribution is 6.24. The third-order valence-electron chi connectivity index (χ3n) is 6.68. The Morgan fingerprint density at radius 1 is 0.971 bits per heavy atom. The molecule has 1 aromatic carbocycles. The summed E-state index contributed by atoms with van der Waals surface area (Å²) in [5.74, 6) is 0.613. The minimum absolute atomic E-state index is 0.0271. The first-order chi connectivity index (χ1) is 16.0. The van der Waals surface area contributed by atoms with E-state index in [4.69, 9.17) is 9.52 Å². The van der Waals surface area contributed by atoms with Crippen LogP contribution in [0.3, 0.4) is 0 Å². The lowest BCUT2D eigenvalue weighted by Gasteiger charge is -2.31. The molecule has 2 aliphatic rings. The number of benzene rings is 1. The number of Topliss-reactive ketones (excluding diaryl/α,β-unsaturated/α-hetero) is 2. The number of aliphatic hydroxyl groups excluding tert-OH is 1. The molecule has 1 N–H and O–H groups in total. The number of ketones is 2. The molecule has 1 fully saturated rings. The normalized spacial score (nSPS) is 22.1. The van der Waals surface area contributed by atoms with Crippen molar-refractivity contribution in [3.8, 4) is 0 Å². The van der Waals surface area contributed by atoms with E-state index < -0.39 is 0 Å². The number of hydrogen-bond acceptors (Lipinski definition) is 6. The number of aliphatic imine (C=N–C) groups is 1. The predicted octanol–water partition coefficient (Wildman–Crippen LogP) is 5.65. The van der Waals surface area contributed by atoms with Gasteiger partial charge in [-0.2, -0.15) is 0 Å². The van der Waals surface area contributed by atoms with Crippen molar-refractivity contribution in [2.45, 2.75) is 72.6 Å². The SMILES string of the molecule is CC1(C)CC(=O)C(=C(O)CCc2noc3c2C(=O)CC(C)(C)C3)C(=NCCc2ccccc2)C1. The second-order valence-electron chi connectivity index (χ2n) is 11.2. The Bertz CT molecular complexity index is 1150. The molecule has 6 heteroatoms. The molecule has 4 rings (SSSR count). The Morgan fingerprint density at radius 2 is 1.65 bits per heavy atom. The van der Waals surface area contributed by atoms with Crippen molar-refractivity contribution in [1.82, 2.24) is 5.16 Å². The maximum atomic E-state index is 13.0. The van der Waals surface area contributed by atoms with E-state index in [9.17, 15) is 14.7 Å². The van der Waals surface area contributed by atoms with Crippen LogP contribution in [0.4, 0.5) is 0 Å². The zero-order chi connectivity index (χ0) is 24.5. The highest BCUT2D eigenvalue weighted by Crippen LogP contribution is 2.38. The van der Waals surface area contributed by atoms with Gasteiger partial charge in [0.15, 0.2) is 11.6 Å². The Balaban J connectivity index is 1.54. The predicted molar refractivity (Wildman–Crippen MR) is 131 cm³/mol. The van der Waals surface area contributed by atoms with E-state index in [0.29, 0.717) is 67.0 Å². The average molecular weight is 463 g/mol. The molecule has 0 atom stereocenters. The van der Waals surface area contributed by atoms with Crippen LogP contribution >= 0.6 is 0 Å². The number of aliphatic hydroxyl groups is 1. The van der Waals surface area contributed by atoms with Crippen LogP contribution in [0, 0.1) is 10.8 Å². The topological polar surface area (TPSA) is 92.8 Å². The monoisotopic (exact) mass is 462 g/mol. The minimum Gasteiger partial charge on any atom is -0.511 e. The molecule has 0 bridgehead atoms. The first-order valence-electron chi connectivity index (χ1n) is 12.1. The average Bonchev–Trinajstić information content (AvgIpc) is 3.13. The van der Waals surface area contributed by atoms with Crippen LogP contribution in [0.1, 0.15) is 80.8 Å². The molecule has 1 heterocycles. The molecule has 180 valence electrons. The molecule has 0 saturated heterocycles. The van der Waals surface area contributed by atoms with E-state index >= 15 is 0 Å². The lowest BCUT2D eigenvalue weighted by atomic mass is 9.73. The van der Waals surface area contributed by atoms with E-state index in [-0.39, 0.29) is 34.6 Å². The van der Waals surface area contributed by atoms with E-state index in [1.165, 1.54) is 5.56 Å². The van der Waals surface area contributed by atoms with Gasteiger partial charge in [-0.3, -0.25) is 14.6 Å². The lowest BCUT2D eigenvalue weighted by Crippen LogP contribution is -2.33. The van der Waals surface area contributed by atoms with Gasteiger partial charge in [0.2, 0.25) is 0 Å². The van der Waals surface area contributed by atoms with Gasteiger partial charge in [-0.25, -0.2) is 0 Å². The van der Waals surface area contributed by atoms with Gasteiger partial charge < -0.3 is 9.63 Å². The van der Waals surface area contributed by atoms with Crippen LogP contribution < -0.4 is 0 Å². The Kier molecular flexibility index (Phi) is 6.61. The smallest absolute Gasteiger partial charge is 0.168 e. The minimum atomic E-state index is -0.198. The molecule has 34 heavy (non-hydrogen) atoms. The second-order valence-corrected chi connectivity index (χ2v) is 11.2. The van der Waals surface area contributed by atoms with Crippen LogP contribution in [0.5, 0.6) is 0 Å². The molecular weight excluding hydrogens is 428 g/mol. The van der Waals surface area contributed by atoms with Crippen molar-refractivity contribution in [3.05, 3.63) is 64.2 Å². The molecule has 0 aliphatic heterocycles. The molecule has 0 radical (unpaired) electrons. The van der Waals surface area contributed by atoms with E-state index in [1.807, 2.05) is 32.0 Å². The first-order valence-corrected chi connectivity index (χ1v) is 12.1. The fraction of sp³-hybridized carbons (Fsp3) is 0.500. The summed E-state index contributed by atoms with van der Waals surface area (Å²) in [6.07, 6.45) is 3.46. The van der Waals surface area contributed by atoms with Crippen molar-refractivity contribution in [2.75, 3.05) is 6.54 Å². The number of aromatic nitrogens is 1. The fourth-order valence-corrected chi connectivity index (χ4v) is 5.07. The third kappa shape index (κ3) is 5.37. The number of nitrogens with zero attached hydrogens (tertiary/aromatic N) is 2. The van der Waals surface area contributed by atoms with Gasteiger partial charge in [-0.15, -0.1) is 0 Å². The molecule has 1 aromatic heterocycles. The number of fused-ring (bicyclic) bond motifs is 1. The number of hydrogen-bond donors (Lipinski definition) is 1. The van der Waals surface area contributed by atoms with Crippen LogP contribution in [-0.4, -0.2) is 34.1 Å². The molecule has 0 spiro atoms. The number of carbonyl (C=O) groups excluding carboxylic acids is 2. The summed E-state index contributed by atoms with van der Waals surface area (Å²) >= 11 is 0. The van der Waals surface area contributed by atoms with Gasteiger partial charge in [-0.1, -0.05) is 63.2 Å². The molecular formula is C28H34N2O4. The standard InChI is InChI=1S/C28H34N2O4/c1-27(2)14-20(29-13-12-18-8-6-5-7-9-18)25(22(32)15-27)21(31)11-10-19-26-23(33)16-28(3,4)17-24(26)34-30-19/h5-9,31H,10-17H2,1-4H3. The maximum absolute atomic E-state index is 13.0. The van der Waals surface area contributed by atoms with Crippen molar-refractivity contribution < 1.29 is 19.2 Å². The lowest BCUT2D eigenvalue weighted by molar-refractivity contribution is -0.117. The van der Waals surface area contributed by atoms with Crippen molar-refractivity contribution in [2.24, 2.45) is 15.8 Å². The van der Waals surface area contributed by atoms with Gasteiger partial charge >= 0.3 is 0 Å². The van der Waals surface area contributed by atoms with Gasteiger partial charge in [-0.05, 0) is 29.2 Å². The number of aryl methyl sites for hydroxylation is 1. The van der Waals surface area contributed by atoms with Crippen LogP contribution in [0.25, 0.3) is 0 Å². The maximum Gasteiger partial charge on any atom is 0.168 e. The van der Waals surface area contributed by atoms with Crippen molar-refractivity contribution in [3.63, 3.8) is 0 Å². The Hall–Kier alpha value is -3.02. The van der Waals surface area contributed by atoms with Crippen molar-refractivity contribution >= 4 is 17.3 Å². The highest BCUT2D eigenvalue weighted by Gasteiger charge is 2.38. The van der Waals surface area contributed by atoms with Gasteiger partial charge in [0.05, 0.1) is 16.8 Å². The molecule has 2 aliphatic carbocycles. The second kappa shape index (κ2) is 9.32. The summed E-state index contributed by atoms with van der Waals surface area (Å²) < 4.78 is 5.48. The van der Waals surface area contributed by atoms with E-state index in [1.54, 1.807) is 0 Å². The van der Waals surface area contributed by atoms with E-state index in [2.05, 4.69) is 31.1 Å². The van der Waals surface area contributed by atoms with Gasteiger partial charge in [0.25, 0.3) is 0 Å². The zero-order valence-corrected chi connectivity index (χ0v) is 20.6. The van der Waals surface area contributed by atoms with Crippen LogP contribution in [0.2, 0.25) is 0 Å². The number of carbonyl (C=O) groups is 2. The summed E-state index contributed by atoms with van der Waals surface area (Å²) in [6, 6.07) is 10.1. The number of rotatable bonds is 6. The summed E-state index contributed by atoms with van der Waals surface area (Å²) in [5, 5.41) is 15.1. The molecule has 1 saturated carbocycles. The highest BCUT2D eigenvalue weighted by atomic mass is 16.5. The van der Waals surface area contributed by atoms with Crippen LogP contribution in [-0.2, 0) is 24.1 Å². The summed E-state index contributed by atoms with van der Waals surface area (Å²) in [4.78, 5) is 30.5.